The summed E-state index contributed by atoms with van der Waals surface area (Å²) in [5, 5.41) is -0.282. The Bertz CT molecular complexity index is 567. The monoisotopic (exact) mass is 288 g/mol. The summed E-state index contributed by atoms with van der Waals surface area (Å²) in [7, 11) is 0. The van der Waals surface area contributed by atoms with Crippen LogP contribution in [0.3, 0.4) is 0 Å². The Hall–Kier alpha value is -1.82. The number of benzene rings is 1. The minimum atomic E-state index is -2.88. The van der Waals surface area contributed by atoms with Crippen molar-refractivity contribution in [3.8, 4) is 17.1 Å². The van der Waals surface area contributed by atoms with Crippen LogP contribution in [-0.4, -0.2) is 16.6 Å². The van der Waals surface area contributed by atoms with Gasteiger partial charge in [-0.1, -0.05) is 11.6 Å². The summed E-state index contributed by atoms with van der Waals surface area (Å²) in [6, 6.07) is 5.66. The van der Waals surface area contributed by atoms with Gasteiger partial charge in [0.1, 0.15) is 5.75 Å². The first kappa shape index (κ1) is 13.6. The van der Waals surface area contributed by atoms with Crippen LogP contribution in [0.1, 0.15) is 5.69 Å². The zero-order chi connectivity index (χ0) is 14.0. The third-order valence-electron chi connectivity index (χ3n) is 2.31. The molecule has 0 saturated carbocycles. The fourth-order valence-corrected chi connectivity index (χ4v) is 1.66. The lowest BCUT2D eigenvalue weighted by atomic mass is 10.2. The van der Waals surface area contributed by atoms with Crippen LogP contribution in [0.4, 0.5) is 13.2 Å². The number of aromatic nitrogens is 2. The summed E-state index contributed by atoms with van der Waals surface area (Å²) >= 11 is 5.62. The Morgan fingerprint density at radius 3 is 2.32 bits per heavy atom. The van der Waals surface area contributed by atoms with E-state index in [0.29, 0.717) is 5.56 Å². The molecule has 0 spiro atoms. The Morgan fingerprint density at radius 2 is 1.79 bits per heavy atom. The summed E-state index contributed by atoms with van der Waals surface area (Å²) < 4.78 is 41.5. The van der Waals surface area contributed by atoms with Crippen LogP contribution < -0.4 is 4.74 Å². The molecule has 1 aromatic heterocycles. The van der Waals surface area contributed by atoms with Crippen LogP contribution in [0.2, 0.25) is 5.15 Å². The van der Waals surface area contributed by atoms with E-state index in [1.54, 1.807) is 0 Å². The molecule has 2 rings (SSSR count). The van der Waals surface area contributed by atoms with Gasteiger partial charge < -0.3 is 4.74 Å². The molecule has 1 heterocycles. The third-order valence-corrected chi connectivity index (χ3v) is 2.56. The molecule has 0 atom stereocenters. The van der Waals surface area contributed by atoms with Gasteiger partial charge in [-0.3, -0.25) is 0 Å². The van der Waals surface area contributed by atoms with Crippen LogP contribution in [0.15, 0.2) is 24.3 Å². The van der Waals surface area contributed by atoms with Gasteiger partial charge in [-0.15, -0.1) is 0 Å². The van der Waals surface area contributed by atoms with Gasteiger partial charge in [0.25, 0.3) is 0 Å². The van der Waals surface area contributed by atoms with Crippen molar-refractivity contribution in [3.63, 3.8) is 0 Å². The second-order valence-electron chi connectivity index (χ2n) is 3.64. The standard InChI is InChI=1S/C12H8ClF3N2O/c1-6-9(14)10(13)18-11(17-6)7-2-4-8(5-3-7)19-12(15)16/h2-5,12H,1H3. The quantitative estimate of drug-likeness (QED) is 0.805. The fourth-order valence-electron chi connectivity index (χ4n) is 1.44. The highest BCUT2D eigenvalue weighted by Crippen LogP contribution is 2.23. The van der Waals surface area contributed by atoms with Gasteiger partial charge in [0.05, 0.1) is 5.69 Å². The third kappa shape index (κ3) is 3.14. The topological polar surface area (TPSA) is 35.0 Å². The van der Waals surface area contributed by atoms with E-state index in [-0.39, 0.29) is 22.4 Å². The minimum Gasteiger partial charge on any atom is -0.435 e. The first-order chi connectivity index (χ1) is 8.97. The van der Waals surface area contributed by atoms with E-state index in [2.05, 4.69) is 14.7 Å². The van der Waals surface area contributed by atoms with Crippen molar-refractivity contribution >= 4 is 11.6 Å². The van der Waals surface area contributed by atoms with E-state index >= 15 is 0 Å². The number of ether oxygens (including phenoxy) is 1. The van der Waals surface area contributed by atoms with Crippen molar-refractivity contribution in [1.82, 2.24) is 9.97 Å². The van der Waals surface area contributed by atoms with Crippen LogP contribution in [0.5, 0.6) is 5.75 Å². The van der Waals surface area contributed by atoms with Gasteiger partial charge in [-0.25, -0.2) is 14.4 Å². The maximum atomic E-state index is 13.3. The van der Waals surface area contributed by atoms with Gasteiger partial charge in [0, 0.05) is 5.56 Å². The van der Waals surface area contributed by atoms with Crippen molar-refractivity contribution in [3.05, 3.63) is 40.9 Å². The largest absolute Gasteiger partial charge is 0.435 e. The molecule has 1 aromatic carbocycles. The normalized spacial score (nSPS) is 10.8. The highest BCUT2D eigenvalue weighted by Gasteiger charge is 2.11. The number of aryl methyl sites for hydroxylation is 1. The van der Waals surface area contributed by atoms with E-state index in [4.69, 9.17) is 11.6 Å². The minimum absolute atomic E-state index is 0.0173. The number of alkyl halides is 2. The van der Waals surface area contributed by atoms with Crippen LogP contribution in [0, 0.1) is 12.7 Å². The summed E-state index contributed by atoms with van der Waals surface area (Å²) in [5.74, 6) is -0.445. The molecule has 3 nitrogen and oxygen atoms in total. The SMILES string of the molecule is Cc1nc(-c2ccc(OC(F)F)cc2)nc(Cl)c1F. The Kier molecular flexibility index (Phi) is 3.90. The maximum absolute atomic E-state index is 13.3. The molecule has 0 amide bonds. The second-order valence-corrected chi connectivity index (χ2v) is 4.00. The molecule has 0 aliphatic rings. The molecule has 0 bridgehead atoms. The van der Waals surface area contributed by atoms with Crippen molar-refractivity contribution in [1.29, 1.82) is 0 Å². The lowest BCUT2D eigenvalue weighted by Crippen LogP contribution is -2.01. The predicted octanol–water partition coefficient (Wildman–Crippen LogP) is 3.85. The Balaban J connectivity index is 2.32. The van der Waals surface area contributed by atoms with Crippen LogP contribution in [-0.2, 0) is 0 Å². The fraction of sp³-hybridized carbons (Fsp3) is 0.167. The van der Waals surface area contributed by atoms with Gasteiger partial charge >= 0.3 is 6.61 Å². The van der Waals surface area contributed by atoms with E-state index in [9.17, 15) is 13.2 Å². The highest BCUT2D eigenvalue weighted by molar-refractivity contribution is 6.29. The van der Waals surface area contributed by atoms with Crippen LogP contribution >= 0.6 is 11.6 Å². The molecule has 0 N–H and O–H groups in total. The van der Waals surface area contributed by atoms with Gasteiger partial charge in [-0.05, 0) is 31.2 Å². The highest BCUT2D eigenvalue weighted by atomic mass is 35.5. The zero-order valence-corrected chi connectivity index (χ0v) is 10.5. The van der Waals surface area contributed by atoms with Crippen molar-refractivity contribution in [2.24, 2.45) is 0 Å². The van der Waals surface area contributed by atoms with Gasteiger partial charge in [-0.2, -0.15) is 8.78 Å². The average Bonchev–Trinajstić information content (AvgIpc) is 2.35. The van der Waals surface area contributed by atoms with E-state index in [1.165, 1.54) is 31.2 Å². The number of hydrogen-bond donors (Lipinski definition) is 0. The average molecular weight is 289 g/mol. The summed E-state index contributed by atoms with van der Waals surface area (Å²) in [6.45, 7) is -1.43. The predicted molar refractivity (Wildman–Crippen MR) is 63.8 cm³/mol. The molecule has 19 heavy (non-hydrogen) atoms. The molecule has 0 saturated heterocycles. The first-order valence-corrected chi connectivity index (χ1v) is 5.60. The smallest absolute Gasteiger partial charge is 0.387 e. The van der Waals surface area contributed by atoms with E-state index in [0.717, 1.165) is 0 Å². The molecule has 0 radical (unpaired) electrons. The molecule has 7 heteroatoms. The van der Waals surface area contributed by atoms with Crippen molar-refractivity contribution < 1.29 is 17.9 Å². The first-order valence-electron chi connectivity index (χ1n) is 5.22. The number of rotatable bonds is 3. The molecule has 0 unspecified atom stereocenters. The van der Waals surface area contributed by atoms with Crippen molar-refractivity contribution in [2.45, 2.75) is 13.5 Å². The molecule has 0 aliphatic carbocycles. The lowest BCUT2D eigenvalue weighted by molar-refractivity contribution is -0.0498. The van der Waals surface area contributed by atoms with E-state index < -0.39 is 12.4 Å². The Morgan fingerprint density at radius 1 is 1.16 bits per heavy atom. The van der Waals surface area contributed by atoms with Crippen molar-refractivity contribution in [2.75, 3.05) is 0 Å². The Labute approximate surface area is 112 Å². The number of hydrogen-bond acceptors (Lipinski definition) is 3. The zero-order valence-electron chi connectivity index (χ0n) is 9.70. The summed E-state index contributed by atoms with van der Waals surface area (Å²) in [6.07, 6.45) is 0. The van der Waals surface area contributed by atoms with E-state index in [1.807, 2.05) is 0 Å². The molecule has 0 fully saturated rings. The summed E-state index contributed by atoms with van der Waals surface area (Å²) in [4.78, 5) is 7.72. The molecular formula is C12H8ClF3N2O. The molecular weight excluding hydrogens is 281 g/mol. The second kappa shape index (κ2) is 5.44. The molecule has 0 aliphatic heterocycles. The molecule has 2 aromatic rings. The van der Waals surface area contributed by atoms with Gasteiger partial charge in [0.15, 0.2) is 16.8 Å². The number of halogens is 4. The molecule has 100 valence electrons. The maximum Gasteiger partial charge on any atom is 0.387 e. The van der Waals surface area contributed by atoms with Gasteiger partial charge in [0.2, 0.25) is 0 Å². The summed E-state index contributed by atoms with van der Waals surface area (Å²) in [5.41, 5.74) is 0.634. The number of nitrogens with zero attached hydrogens (tertiary/aromatic N) is 2. The lowest BCUT2D eigenvalue weighted by Gasteiger charge is -2.06. The van der Waals surface area contributed by atoms with Crippen LogP contribution in [0.25, 0.3) is 11.4 Å².